The van der Waals surface area contributed by atoms with Crippen LogP contribution in [0.2, 0.25) is 0 Å². The molecule has 0 saturated carbocycles. The number of nitrogens with zero attached hydrogens (tertiary/aromatic N) is 1. The Labute approximate surface area is 249 Å². The van der Waals surface area contributed by atoms with Gasteiger partial charge in [0.1, 0.15) is 11.7 Å². The van der Waals surface area contributed by atoms with Crippen LogP contribution in [-0.2, 0) is 34.0 Å². The highest BCUT2D eigenvalue weighted by atomic mass is 19.1. The maximum absolute atomic E-state index is 14.3. The Balaban J connectivity index is 0.00000119. The van der Waals surface area contributed by atoms with Gasteiger partial charge < -0.3 is 36.4 Å². The van der Waals surface area contributed by atoms with Crippen molar-refractivity contribution >= 4 is 35.0 Å². The number of anilines is 2. The highest BCUT2D eigenvalue weighted by Crippen LogP contribution is 2.28. The number of rotatable bonds is 12. The topological polar surface area (TPSA) is 170 Å². The van der Waals surface area contributed by atoms with Crippen molar-refractivity contribution in [2.75, 3.05) is 23.8 Å². The Morgan fingerprint density at radius 1 is 1.05 bits per heavy atom. The minimum Gasteiger partial charge on any atom is -0.481 e. The highest BCUT2D eigenvalue weighted by molar-refractivity contribution is 6.01. The number of hydrogen-bond donors (Lipinski definition) is 6. The van der Waals surface area contributed by atoms with Crippen molar-refractivity contribution in [2.45, 2.75) is 46.6 Å². The van der Waals surface area contributed by atoms with Crippen LogP contribution in [0.15, 0.2) is 60.7 Å². The van der Waals surface area contributed by atoms with Crippen LogP contribution in [0, 0.1) is 11.2 Å². The minimum absolute atomic E-state index is 0.0513. The number of amidine groups is 1. The fourth-order valence-corrected chi connectivity index (χ4v) is 4.53. The van der Waals surface area contributed by atoms with E-state index in [9.17, 15) is 14.0 Å². The molecule has 11 nitrogen and oxygen atoms in total. The minimum atomic E-state index is -1.21. The van der Waals surface area contributed by atoms with Gasteiger partial charge in [-0.1, -0.05) is 36.4 Å². The molecule has 3 aromatic carbocycles. The standard InChI is InChI=1S/C29H33FN6O3.C2H4O2/c1-3-33-24-11-6-5-8-19(24)15-34-25-14-18(26(31)32)12-13-20(25)16-35-27(37)29(39-4-2)36-17-22-21(28(36)38)9-7-10-23(22)30;1-2(3)4/h5-14,29,33-34H,3-4,15-17H2,1-2H3,(H3,31,32)(H,35,37);1H3,(H,3,4). The summed E-state index contributed by atoms with van der Waals surface area (Å²) in [5, 5.41) is 24.8. The number of carbonyl (C=O) groups excluding carboxylic acids is 2. The van der Waals surface area contributed by atoms with Gasteiger partial charge in [0.15, 0.2) is 0 Å². The van der Waals surface area contributed by atoms with Crippen molar-refractivity contribution in [3.63, 3.8) is 0 Å². The van der Waals surface area contributed by atoms with Gasteiger partial charge in [0, 0.05) is 61.2 Å². The monoisotopic (exact) mass is 592 g/mol. The average molecular weight is 593 g/mol. The van der Waals surface area contributed by atoms with Gasteiger partial charge in [0.05, 0.1) is 6.54 Å². The Kier molecular flexibility index (Phi) is 11.6. The molecule has 43 heavy (non-hydrogen) atoms. The Morgan fingerprint density at radius 2 is 1.74 bits per heavy atom. The number of halogens is 1. The molecule has 0 aromatic heterocycles. The first-order chi connectivity index (χ1) is 20.6. The summed E-state index contributed by atoms with van der Waals surface area (Å²) >= 11 is 0. The molecule has 1 unspecified atom stereocenters. The molecule has 1 atom stereocenters. The summed E-state index contributed by atoms with van der Waals surface area (Å²) in [7, 11) is 0. The van der Waals surface area contributed by atoms with Gasteiger partial charge >= 0.3 is 0 Å². The molecular formula is C31H37FN6O5. The van der Waals surface area contributed by atoms with Crippen LogP contribution in [0.4, 0.5) is 15.8 Å². The zero-order chi connectivity index (χ0) is 31.5. The van der Waals surface area contributed by atoms with Crippen LogP contribution in [0.5, 0.6) is 0 Å². The molecule has 1 aliphatic rings. The van der Waals surface area contributed by atoms with E-state index in [1.165, 1.54) is 17.0 Å². The number of nitrogen functional groups attached to an aromatic ring is 1. The maximum Gasteiger partial charge on any atom is 0.300 e. The van der Waals surface area contributed by atoms with Gasteiger partial charge in [-0.25, -0.2) is 4.39 Å². The van der Waals surface area contributed by atoms with Crippen molar-refractivity contribution in [3.05, 3.63) is 94.3 Å². The van der Waals surface area contributed by atoms with E-state index in [-0.39, 0.29) is 36.7 Å². The number of fused-ring (bicyclic) bond motifs is 1. The first kappa shape index (κ1) is 32.5. The lowest BCUT2D eigenvalue weighted by atomic mass is 10.1. The van der Waals surface area contributed by atoms with Gasteiger partial charge in [-0.05, 0) is 49.2 Å². The SMILES string of the molecule is CC(=O)O.CCNc1ccccc1CNc1cc(C(=N)N)ccc1CNC(=O)C(OCC)N1Cc2c(F)cccc2C1=O. The zero-order valence-electron chi connectivity index (χ0n) is 24.4. The summed E-state index contributed by atoms with van der Waals surface area (Å²) in [5.41, 5.74) is 10.3. The van der Waals surface area contributed by atoms with E-state index >= 15 is 0 Å². The Bertz CT molecular complexity index is 1480. The first-order valence-electron chi connectivity index (χ1n) is 13.8. The van der Waals surface area contributed by atoms with Gasteiger partial charge in [-0.3, -0.25) is 19.8 Å². The predicted molar refractivity (Wildman–Crippen MR) is 162 cm³/mol. The summed E-state index contributed by atoms with van der Waals surface area (Å²) in [4.78, 5) is 36.4. The summed E-state index contributed by atoms with van der Waals surface area (Å²) in [5.74, 6) is -2.36. The second-order valence-electron chi connectivity index (χ2n) is 9.57. The first-order valence-corrected chi connectivity index (χ1v) is 13.8. The van der Waals surface area contributed by atoms with E-state index in [4.69, 9.17) is 25.8 Å². The molecule has 1 heterocycles. The quantitative estimate of drug-likeness (QED) is 0.136. The molecular weight excluding hydrogens is 555 g/mol. The number of carboxylic acids is 1. The number of nitrogens with one attached hydrogen (secondary N) is 4. The van der Waals surface area contributed by atoms with Gasteiger partial charge in [-0.15, -0.1) is 0 Å². The summed E-state index contributed by atoms with van der Waals surface area (Å²) in [6.45, 7) is 6.38. The maximum atomic E-state index is 14.3. The second kappa shape index (κ2) is 15.3. The van der Waals surface area contributed by atoms with Crippen LogP contribution in [0.1, 0.15) is 53.4 Å². The summed E-state index contributed by atoms with van der Waals surface area (Å²) in [6.07, 6.45) is -1.21. The second-order valence-corrected chi connectivity index (χ2v) is 9.57. The Morgan fingerprint density at radius 3 is 2.40 bits per heavy atom. The number of benzene rings is 3. The molecule has 4 rings (SSSR count). The highest BCUT2D eigenvalue weighted by Gasteiger charge is 2.38. The molecule has 228 valence electrons. The van der Waals surface area contributed by atoms with E-state index in [1.807, 2.05) is 31.2 Å². The largest absolute Gasteiger partial charge is 0.481 e. The molecule has 12 heteroatoms. The number of amides is 2. The van der Waals surface area contributed by atoms with Crippen molar-refractivity contribution in [2.24, 2.45) is 5.73 Å². The molecule has 2 amide bonds. The third kappa shape index (κ3) is 8.52. The average Bonchev–Trinajstić information content (AvgIpc) is 3.31. The molecule has 1 aliphatic heterocycles. The zero-order valence-corrected chi connectivity index (χ0v) is 24.4. The van der Waals surface area contributed by atoms with E-state index in [0.717, 1.165) is 30.3 Å². The molecule has 3 aromatic rings. The number of para-hydroxylation sites is 1. The van der Waals surface area contributed by atoms with Gasteiger partial charge in [-0.2, -0.15) is 0 Å². The van der Waals surface area contributed by atoms with Crippen molar-refractivity contribution in [1.82, 2.24) is 10.2 Å². The van der Waals surface area contributed by atoms with Crippen LogP contribution in [0.25, 0.3) is 0 Å². The summed E-state index contributed by atoms with van der Waals surface area (Å²) in [6, 6.07) is 17.5. The van der Waals surface area contributed by atoms with E-state index in [0.29, 0.717) is 17.8 Å². The molecule has 0 saturated heterocycles. The lowest BCUT2D eigenvalue weighted by Gasteiger charge is -2.26. The van der Waals surface area contributed by atoms with Crippen LogP contribution < -0.4 is 21.7 Å². The molecule has 0 fully saturated rings. The van der Waals surface area contributed by atoms with Crippen LogP contribution >= 0.6 is 0 Å². The molecule has 0 spiro atoms. The smallest absolute Gasteiger partial charge is 0.300 e. The van der Waals surface area contributed by atoms with Crippen LogP contribution in [-0.4, -0.2) is 53.0 Å². The lowest BCUT2D eigenvalue weighted by molar-refractivity contribution is -0.143. The number of nitrogens with two attached hydrogens (primary N) is 1. The van der Waals surface area contributed by atoms with Gasteiger partial charge in [0.2, 0.25) is 6.23 Å². The molecule has 0 aliphatic carbocycles. The molecule has 7 N–H and O–H groups in total. The number of ether oxygens (including phenoxy) is 1. The van der Waals surface area contributed by atoms with Crippen LogP contribution in [0.3, 0.4) is 0 Å². The third-order valence-corrected chi connectivity index (χ3v) is 6.50. The third-order valence-electron chi connectivity index (χ3n) is 6.50. The van der Waals surface area contributed by atoms with Crippen molar-refractivity contribution < 1.29 is 28.6 Å². The van der Waals surface area contributed by atoms with Crippen molar-refractivity contribution in [3.8, 4) is 0 Å². The number of carbonyl (C=O) groups is 3. The molecule has 0 radical (unpaired) electrons. The Hall–Kier alpha value is -4.97. The normalized spacial score (nSPS) is 12.5. The van der Waals surface area contributed by atoms with E-state index in [1.54, 1.807) is 31.2 Å². The summed E-state index contributed by atoms with van der Waals surface area (Å²) < 4.78 is 19.9. The molecule has 0 bridgehead atoms. The number of aliphatic carboxylic acids is 1. The fraction of sp³-hybridized carbons (Fsp3) is 0.290. The van der Waals surface area contributed by atoms with Gasteiger partial charge in [0.25, 0.3) is 17.8 Å². The van der Waals surface area contributed by atoms with E-state index < -0.39 is 29.8 Å². The predicted octanol–water partition coefficient (Wildman–Crippen LogP) is 3.88. The number of hydrogen-bond acceptors (Lipinski definition) is 7. The van der Waals surface area contributed by atoms with E-state index in [2.05, 4.69) is 16.0 Å². The number of carboxylic acid groups (broad SMARTS) is 1. The van der Waals surface area contributed by atoms with Crippen molar-refractivity contribution in [1.29, 1.82) is 5.41 Å². The lowest BCUT2D eigenvalue weighted by Crippen LogP contribution is -2.48. The fourth-order valence-electron chi connectivity index (χ4n) is 4.53.